The van der Waals surface area contributed by atoms with Crippen LogP contribution < -0.4 is 5.32 Å². The molecule has 0 fully saturated rings. The Morgan fingerprint density at radius 3 is 2.15 bits per heavy atom. The third-order valence-electron chi connectivity index (χ3n) is 3.71. The molecule has 0 aromatic heterocycles. The summed E-state index contributed by atoms with van der Waals surface area (Å²) in [5.41, 5.74) is 2.89. The van der Waals surface area contributed by atoms with Crippen molar-refractivity contribution < 1.29 is 5.11 Å². The highest BCUT2D eigenvalue weighted by Crippen LogP contribution is 2.30. The molecule has 0 spiro atoms. The Labute approximate surface area is 129 Å². The third-order valence-corrected chi connectivity index (χ3v) is 4.23. The molecule has 0 aliphatic heterocycles. The first kappa shape index (κ1) is 15.1. The molecule has 2 rings (SSSR count). The maximum Gasteiger partial charge on any atom is 0.0854 e. The zero-order valence-electron chi connectivity index (χ0n) is 11.9. The maximum absolute atomic E-state index is 9.94. The molecule has 0 aliphatic carbocycles. The van der Waals surface area contributed by atoms with E-state index in [0.717, 1.165) is 22.1 Å². The van der Waals surface area contributed by atoms with Crippen molar-refractivity contribution in [2.45, 2.75) is 25.8 Å². The van der Waals surface area contributed by atoms with Gasteiger partial charge in [-0.15, -0.1) is 0 Å². The van der Waals surface area contributed by atoms with Crippen molar-refractivity contribution >= 4 is 21.6 Å². The van der Waals surface area contributed by atoms with Crippen LogP contribution in [0.4, 0.5) is 5.69 Å². The van der Waals surface area contributed by atoms with Gasteiger partial charge in [-0.3, -0.25) is 0 Å². The largest absolute Gasteiger partial charge is 0.394 e. The summed E-state index contributed by atoms with van der Waals surface area (Å²) in [5.74, 6) is 0. The number of hydrogen-bond acceptors (Lipinski definition) is 2. The van der Waals surface area contributed by atoms with E-state index in [1.807, 2.05) is 36.4 Å². The monoisotopic (exact) mass is 333 g/mol. The lowest BCUT2D eigenvalue weighted by molar-refractivity contribution is 0.207. The molecular formula is C17H20BrNO. The van der Waals surface area contributed by atoms with Crippen LogP contribution in [0.3, 0.4) is 0 Å². The molecule has 1 unspecified atom stereocenters. The Balaban J connectivity index is 2.33. The van der Waals surface area contributed by atoms with Gasteiger partial charge in [-0.2, -0.15) is 0 Å². The molecule has 1 atom stereocenters. The minimum Gasteiger partial charge on any atom is -0.394 e. The van der Waals surface area contributed by atoms with Crippen LogP contribution in [0.1, 0.15) is 24.5 Å². The minimum atomic E-state index is -0.448. The van der Waals surface area contributed by atoms with Gasteiger partial charge in [-0.25, -0.2) is 0 Å². The molecule has 2 aromatic rings. The molecule has 2 N–H and O–H groups in total. The van der Waals surface area contributed by atoms with Gasteiger partial charge in [-0.05, 0) is 43.2 Å². The van der Waals surface area contributed by atoms with Crippen LogP contribution in [-0.2, 0) is 5.54 Å². The molecule has 0 radical (unpaired) electrons. The summed E-state index contributed by atoms with van der Waals surface area (Å²) in [7, 11) is 0. The van der Waals surface area contributed by atoms with E-state index in [-0.39, 0.29) is 6.61 Å². The van der Waals surface area contributed by atoms with Crippen LogP contribution in [0, 0.1) is 6.92 Å². The highest BCUT2D eigenvalue weighted by Gasteiger charge is 2.29. The average molecular weight is 334 g/mol. The number of nitrogens with one attached hydrogen (secondary N) is 1. The fraction of sp³-hybridized carbons (Fsp3) is 0.294. The molecule has 20 heavy (non-hydrogen) atoms. The predicted molar refractivity (Wildman–Crippen MR) is 88.0 cm³/mol. The number of aliphatic hydroxyl groups excluding tert-OH is 1. The van der Waals surface area contributed by atoms with Gasteiger partial charge in [0.05, 0.1) is 12.1 Å². The molecule has 2 nitrogen and oxygen atoms in total. The average Bonchev–Trinajstić information content (AvgIpc) is 2.48. The van der Waals surface area contributed by atoms with Gasteiger partial charge in [0, 0.05) is 10.2 Å². The van der Waals surface area contributed by atoms with E-state index < -0.39 is 5.54 Å². The van der Waals surface area contributed by atoms with Crippen LogP contribution >= 0.6 is 15.9 Å². The van der Waals surface area contributed by atoms with E-state index >= 15 is 0 Å². The second-order valence-corrected chi connectivity index (χ2v) is 6.01. The van der Waals surface area contributed by atoms with Crippen LogP contribution in [0.25, 0.3) is 0 Å². The van der Waals surface area contributed by atoms with Gasteiger partial charge in [0.2, 0.25) is 0 Å². The lowest BCUT2D eigenvalue weighted by Crippen LogP contribution is -2.38. The molecule has 0 aliphatic rings. The van der Waals surface area contributed by atoms with Gasteiger partial charge in [-0.1, -0.05) is 52.7 Å². The molecule has 3 heteroatoms. The Bertz CT molecular complexity index is 544. The summed E-state index contributed by atoms with van der Waals surface area (Å²) in [6, 6.07) is 16.3. The zero-order chi connectivity index (χ0) is 14.6. The lowest BCUT2D eigenvalue weighted by atomic mass is 9.87. The van der Waals surface area contributed by atoms with Crippen LogP contribution in [0.2, 0.25) is 0 Å². The number of aliphatic hydroxyl groups is 1. The van der Waals surface area contributed by atoms with E-state index in [9.17, 15) is 5.11 Å². The molecular weight excluding hydrogens is 314 g/mol. The van der Waals surface area contributed by atoms with Gasteiger partial charge in [0.1, 0.15) is 0 Å². The molecule has 0 saturated heterocycles. The van der Waals surface area contributed by atoms with Crippen LogP contribution in [0.5, 0.6) is 0 Å². The van der Waals surface area contributed by atoms with E-state index in [2.05, 4.69) is 47.2 Å². The van der Waals surface area contributed by atoms with E-state index in [1.54, 1.807) is 0 Å². The first-order valence-corrected chi connectivity index (χ1v) is 7.61. The van der Waals surface area contributed by atoms with Gasteiger partial charge >= 0.3 is 0 Å². The smallest absolute Gasteiger partial charge is 0.0854 e. The van der Waals surface area contributed by atoms with E-state index in [0.29, 0.717) is 0 Å². The number of benzene rings is 2. The first-order chi connectivity index (χ1) is 9.59. The van der Waals surface area contributed by atoms with Gasteiger partial charge < -0.3 is 10.4 Å². The number of hydrogen-bond donors (Lipinski definition) is 2. The highest BCUT2D eigenvalue weighted by atomic mass is 79.9. The summed E-state index contributed by atoms with van der Waals surface area (Å²) < 4.78 is 1.04. The number of anilines is 1. The van der Waals surface area contributed by atoms with E-state index in [4.69, 9.17) is 0 Å². The number of halogens is 1. The molecule has 0 heterocycles. The maximum atomic E-state index is 9.94. The molecule has 0 amide bonds. The summed E-state index contributed by atoms with van der Waals surface area (Å²) in [5, 5.41) is 13.4. The summed E-state index contributed by atoms with van der Waals surface area (Å²) in [6.07, 6.45) is 0.805. The van der Waals surface area contributed by atoms with Crippen molar-refractivity contribution in [1.82, 2.24) is 0 Å². The summed E-state index contributed by atoms with van der Waals surface area (Å²) >= 11 is 3.45. The van der Waals surface area contributed by atoms with Crippen molar-refractivity contribution in [3.63, 3.8) is 0 Å². The van der Waals surface area contributed by atoms with Crippen molar-refractivity contribution in [3.8, 4) is 0 Å². The molecule has 2 aromatic carbocycles. The van der Waals surface area contributed by atoms with Crippen molar-refractivity contribution in [2.75, 3.05) is 11.9 Å². The lowest BCUT2D eigenvalue weighted by Gasteiger charge is -2.34. The standard InChI is InChI=1S/C17H20BrNO/c1-3-17(12-20,14-6-8-15(18)9-7-14)19-16-10-4-13(2)5-11-16/h4-11,19-20H,3,12H2,1-2H3. The summed E-state index contributed by atoms with van der Waals surface area (Å²) in [6.45, 7) is 4.20. The fourth-order valence-electron chi connectivity index (χ4n) is 2.29. The molecule has 106 valence electrons. The fourth-order valence-corrected chi connectivity index (χ4v) is 2.55. The van der Waals surface area contributed by atoms with Crippen molar-refractivity contribution in [2.24, 2.45) is 0 Å². The van der Waals surface area contributed by atoms with Crippen LogP contribution in [-0.4, -0.2) is 11.7 Å². The van der Waals surface area contributed by atoms with Crippen molar-refractivity contribution in [1.29, 1.82) is 0 Å². The third kappa shape index (κ3) is 3.22. The number of aryl methyl sites for hydroxylation is 1. The Hall–Kier alpha value is -1.32. The molecule has 0 bridgehead atoms. The Morgan fingerprint density at radius 2 is 1.65 bits per heavy atom. The number of rotatable bonds is 5. The second kappa shape index (κ2) is 6.42. The predicted octanol–water partition coefficient (Wildman–Crippen LogP) is 4.47. The normalized spacial score (nSPS) is 13.8. The van der Waals surface area contributed by atoms with Gasteiger partial charge in [0.15, 0.2) is 0 Å². The Kier molecular flexibility index (Phi) is 4.84. The molecule has 0 saturated carbocycles. The first-order valence-electron chi connectivity index (χ1n) is 6.81. The summed E-state index contributed by atoms with van der Waals surface area (Å²) in [4.78, 5) is 0. The van der Waals surface area contributed by atoms with Crippen molar-refractivity contribution in [3.05, 3.63) is 64.1 Å². The quantitative estimate of drug-likeness (QED) is 0.846. The van der Waals surface area contributed by atoms with E-state index in [1.165, 1.54) is 5.56 Å². The Morgan fingerprint density at radius 1 is 1.05 bits per heavy atom. The van der Waals surface area contributed by atoms with Crippen LogP contribution in [0.15, 0.2) is 53.0 Å². The van der Waals surface area contributed by atoms with Gasteiger partial charge in [0.25, 0.3) is 0 Å². The topological polar surface area (TPSA) is 32.3 Å². The zero-order valence-corrected chi connectivity index (χ0v) is 13.4. The second-order valence-electron chi connectivity index (χ2n) is 5.09. The highest BCUT2D eigenvalue weighted by molar-refractivity contribution is 9.10. The minimum absolute atomic E-state index is 0.0546. The SMILES string of the molecule is CCC(CO)(Nc1ccc(C)cc1)c1ccc(Br)cc1.